The van der Waals surface area contributed by atoms with Crippen LogP contribution in [0.1, 0.15) is 42.6 Å². The standard InChI is InChI=1S/C18H22ClN5O2/c19-14-10-20-18-21-15(12-24(18)11-14)17(26)23-8-4-13(5-9-23)16(25)22-6-2-1-3-7-22/h10-13H,1-9H2. The summed E-state index contributed by atoms with van der Waals surface area (Å²) < 4.78 is 1.65. The minimum Gasteiger partial charge on any atom is -0.342 e. The zero-order valence-corrected chi connectivity index (χ0v) is 15.4. The largest absolute Gasteiger partial charge is 0.342 e. The number of aromatic nitrogens is 3. The summed E-state index contributed by atoms with van der Waals surface area (Å²) in [6.07, 6.45) is 9.71. The molecule has 0 spiro atoms. The second kappa shape index (κ2) is 7.23. The molecule has 0 saturated carbocycles. The number of amides is 2. The first-order chi connectivity index (χ1) is 12.6. The highest BCUT2D eigenvalue weighted by atomic mass is 35.5. The van der Waals surface area contributed by atoms with Crippen molar-refractivity contribution in [2.75, 3.05) is 26.2 Å². The van der Waals surface area contributed by atoms with Gasteiger partial charge in [0.05, 0.1) is 11.2 Å². The SMILES string of the molecule is O=C(c1cn2cc(Cl)cnc2n1)N1CCC(C(=O)N2CCCCC2)CC1. The van der Waals surface area contributed by atoms with Gasteiger partial charge >= 0.3 is 0 Å². The molecule has 8 heteroatoms. The molecule has 138 valence electrons. The number of carbonyl (C=O) groups is 2. The van der Waals surface area contributed by atoms with E-state index in [-0.39, 0.29) is 17.7 Å². The number of hydrogen-bond acceptors (Lipinski definition) is 4. The first-order valence-electron chi connectivity index (χ1n) is 9.20. The third-order valence-electron chi connectivity index (χ3n) is 5.30. The Hall–Kier alpha value is -2.15. The highest BCUT2D eigenvalue weighted by Crippen LogP contribution is 2.23. The van der Waals surface area contributed by atoms with E-state index in [1.54, 1.807) is 21.7 Å². The van der Waals surface area contributed by atoms with Crippen LogP contribution in [0.4, 0.5) is 0 Å². The summed E-state index contributed by atoms with van der Waals surface area (Å²) in [7, 11) is 0. The summed E-state index contributed by atoms with van der Waals surface area (Å²) in [5.74, 6) is 0.644. The van der Waals surface area contributed by atoms with Crippen molar-refractivity contribution >= 4 is 29.2 Å². The molecule has 2 amide bonds. The van der Waals surface area contributed by atoms with Crippen LogP contribution in [0.3, 0.4) is 0 Å². The Labute approximate surface area is 157 Å². The molecule has 0 aliphatic carbocycles. The van der Waals surface area contributed by atoms with E-state index in [0.29, 0.717) is 29.6 Å². The third kappa shape index (κ3) is 3.40. The van der Waals surface area contributed by atoms with Crippen molar-refractivity contribution in [1.29, 1.82) is 0 Å². The summed E-state index contributed by atoms with van der Waals surface area (Å²) >= 11 is 5.92. The van der Waals surface area contributed by atoms with Crippen molar-refractivity contribution in [3.05, 3.63) is 29.3 Å². The van der Waals surface area contributed by atoms with E-state index in [4.69, 9.17) is 11.6 Å². The molecule has 0 aromatic carbocycles. The minimum atomic E-state index is -0.115. The van der Waals surface area contributed by atoms with Crippen molar-refractivity contribution in [2.24, 2.45) is 5.92 Å². The maximum Gasteiger partial charge on any atom is 0.274 e. The summed E-state index contributed by atoms with van der Waals surface area (Å²) in [6, 6.07) is 0. The molecule has 4 heterocycles. The summed E-state index contributed by atoms with van der Waals surface area (Å²) in [5.41, 5.74) is 0.362. The number of rotatable bonds is 2. The summed E-state index contributed by atoms with van der Waals surface area (Å²) in [6.45, 7) is 2.94. The topological polar surface area (TPSA) is 70.8 Å². The fourth-order valence-electron chi connectivity index (χ4n) is 3.83. The van der Waals surface area contributed by atoms with Crippen LogP contribution in [0.2, 0.25) is 5.02 Å². The van der Waals surface area contributed by atoms with Crippen LogP contribution in [0.25, 0.3) is 5.78 Å². The van der Waals surface area contributed by atoms with Crippen molar-refractivity contribution < 1.29 is 9.59 Å². The first-order valence-corrected chi connectivity index (χ1v) is 9.58. The van der Waals surface area contributed by atoms with Crippen LogP contribution >= 0.6 is 11.6 Å². The van der Waals surface area contributed by atoms with Gasteiger partial charge in [-0.2, -0.15) is 0 Å². The lowest BCUT2D eigenvalue weighted by molar-refractivity contribution is -0.137. The van der Waals surface area contributed by atoms with Crippen molar-refractivity contribution in [3.63, 3.8) is 0 Å². The molecule has 2 saturated heterocycles. The van der Waals surface area contributed by atoms with Gasteiger partial charge in [-0.3, -0.25) is 14.0 Å². The molecule has 2 fully saturated rings. The second-order valence-electron chi connectivity index (χ2n) is 7.06. The van der Waals surface area contributed by atoms with Gasteiger partial charge in [-0.1, -0.05) is 11.6 Å². The number of hydrogen-bond donors (Lipinski definition) is 0. The van der Waals surface area contributed by atoms with E-state index in [1.165, 1.54) is 12.6 Å². The van der Waals surface area contributed by atoms with Gasteiger partial charge in [-0.05, 0) is 32.1 Å². The van der Waals surface area contributed by atoms with Crippen LogP contribution in [0, 0.1) is 5.92 Å². The molecule has 7 nitrogen and oxygen atoms in total. The molecule has 0 unspecified atom stereocenters. The number of imidazole rings is 1. The Morgan fingerprint density at radius 1 is 1.00 bits per heavy atom. The molecule has 0 atom stereocenters. The van der Waals surface area contributed by atoms with E-state index in [1.807, 2.05) is 4.90 Å². The van der Waals surface area contributed by atoms with E-state index < -0.39 is 0 Å². The average Bonchev–Trinajstić information content (AvgIpc) is 3.11. The summed E-state index contributed by atoms with van der Waals surface area (Å²) in [5, 5.41) is 0.492. The molecule has 2 aromatic rings. The molecule has 2 aliphatic rings. The lowest BCUT2D eigenvalue weighted by Gasteiger charge is -2.35. The Bertz CT molecular complexity index is 822. The van der Waals surface area contributed by atoms with E-state index in [2.05, 4.69) is 9.97 Å². The number of halogens is 1. The normalized spacial score (nSPS) is 19.1. The lowest BCUT2D eigenvalue weighted by Crippen LogP contribution is -2.45. The van der Waals surface area contributed by atoms with Crippen molar-refractivity contribution in [2.45, 2.75) is 32.1 Å². The quantitative estimate of drug-likeness (QED) is 0.807. The predicted molar refractivity (Wildman–Crippen MR) is 97.1 cm³/mol. The lowest BCUT2D eigenvalue weighted by atomic mass is 9.94. The van der Waals surface area contributed by atoms with Gasteiger partial charge in [0, 0.05) is 44.5 Å². The zero-order chi connectivity index (χ0) is 18.1. The molecule has 0 radical (unpaired) electrons. The fraction of sp³-hybridized carbons (Fsp3) is 0.556. The Morgan fingerprint density at radius 3 is 2.46 bits per heavy atom. The number of nitrogens with zero attached hydrogens (tertiary/aromatic N) is 5. The molecule has 0 bridgehead atoms. The van der Waals surface area contributed by atoms with E-state index in [0.717, 1.165) is 38.8 Å². The third-order valence-corrected chi connectivity index (χ3v) is 5.49. The number of piperidine rings is 2. The van der Waals surface area contributed by atoms with Gasteiger partial charge in [-0.25, -0.2) is 9.97 Å². The molecular formula is C18H22ClN5O2. The molecule has 4 rings (SSSR count). The maximum atomic E-state index is 12.7. The molecule has 2 aromatic heterocycles. The zero-order valence-electron chi connectivity index (χ0n) is 14.6. The Morgan fingerprint density at radius 2 is 1.73 bits per heavy atom. The van der Waals surface area contributed by atoms with Crippen LogP contribution in [-0.4, -0.2) is 62.2 Å². The molecule has 26 heavy (non-hydrogen) atoms. The smallest absolute Gasteiger partial charge is 0.274 e. The van der Waals surface area contributed by atoms with Gasteiger partial charge in [0.15, 0.2) is 0 Å². The average molecular weight is 376 g/mol. The minimum absolute atomic E-state index is 0.0405. The molecule has 0 N–H and O–H groups in total. The Kier molecular flexibility index (Phi) is 4.80. The maximum absolute atomic E-state index is 12.7. The molecular weight excluding hydrogens is 354 g/mol. The van der Waals surface area contributed by atoms with E-state index in [9.17, 15) is 9.59 Å². The van der Waals surface area contributed by atoms with Crippen LogP contribution in [0.15, 0.2) is 18.6 Å². The summed E-state index contributed by atoms with van der Waals surface area (Å²) in [4.78, 5) is 37.5. The Balaban J connectivity index is 1.38. The monoisotopic (exact) mass is 375 g/mol. The van der Waals surface area contributed by atoms with Crippen molar-refractivity contribution in [3.8, 4) is 0 Å². The fourth-order valence-corrected chi connectivity index (χ4v) is 3.98. The van der Waals surface area contributed by atoms with Gasteiger partial charge in [0.1, 0.15) is 5.69 Å². The molecule has 2 aliphatic heterocycles. The number of fused-ring (bicyclic) bond motifs is 1. The van der Waals surface area contributed by atoms with Crippen LogP contribution < -0.4 is 0 Å². The van der Waals surface area contributed by atoms with Crippen molar-refractivity contribution in [1.82, 2.24) is 24.2 Å². The van der Waals surface area contributed by atoms with Gasteiger partial charge in [0.2, 0.25) is 11.7 Å². The van der Waals surface area contributed by atoms with Gasteiger partial charge < -0.3 is 9.80 Å². The van der Waals surface area contributed by atoms with Crippen LogP contribution in [-0.2, 0) is 4.79 Å². The van der Waals surface area contributed by atoms with Gasteiger partial charge in [-0.15, -0.1) is 0 Å². The second-order valence-corrected chi connectivity index (χ2v) is 7.49. The van der Waals surface area contributed by atoms with E-state index >= 15 is 0 Å². The highest BCUT2D eigenvalue weighted by molar-refractivity contribution is 6.30. The number of carbonyl (C=O) groups excluding carboxylic acids is 2. The predicted octanol–water partition coefficient (Wildman–Crippen LogP) is 2.25. The first kappa shape index (κ1) is 17.3. The van der Waals surface area contributed by atoms with Crippen LogP contribution in [0.5, 0.6) is 0 Å². The highest BCUT2D eigenvalue weighted by Gasteiger charge is 2.31. The van der Waals surface area contributed by atoms with Gasteiger partial charge in [0.25, 0.3) is 5.91 Å². The number of likely N-dealkylation sites (tertiary alicyclic amines) is 2.